The average Bonchev–Trinajstić information content (AvgIpc) is 2.67. The maximum atomic E-state index is 5.31. The Morgan fingerprint density at radius 3 is 2.79 bits per heavy atom. The number of hydrogen-bond acceptors (Lipinski definition) is 2. The summed E-state index contributed by atoms with van der Waals surface area (Å²) in [5.74, 6) is 1.10. The zero-order valence-corrected chi connectivity index (χ0v) is 9.25. The Morgan fingerprint density at radius 2 is 2.21 bits per heavy atom. The van der Waals surface area contributed by atoms with Gasteiger partial charge in [-0.2, -0.15) is 0 Å². The first kappa shape index (κ1) is 11.3. The third-order valence-corrected chi connectivity index (χ3v) is 2.45. The molecule has 0 bridgehead atoms. The van der Waals surface area contributed by atoms with E-state index in [2.05, 4.69) is 25.2 Å². The lowest BCUT2D eigenvalue weighted by Crippen LogP contribution is -2.29. The smallest absolute Gasteiger partial charge is 0.103 e. The molecule has 0 aliphatic carbocycles. The van der Waals surface area contributed by atoms with Crippen molar-refractivity contribution in [3.8, 4) is 0 Å². The lowest BCUT2D eigenvalue weighted by Gasteiger charge is -2.15. The van der Waals surface area contributed by atoms with Gasteiger partial charge in [-0.25, -0.2) is 0 Å². The fourth-order valence-corrected chi connectivity index (χ4v) is 1.76. The molecular weight excluding hydrogens is 174 g/mol. The van der Waals surface area contributed by atoms with Crippen molar-refractivity contribution in [1.82, 2.24) is 5.32 Å². The van der Waals surface area contributed by atoms with E-state index in [-0.39, 0.29) is 0 Å². The van der Waals surface area contributed by atoms with Gasteiger partial charge >= 0.3 is 0 Å². The van der Waals surface area contributed by atoms with Crippen molar-refractivity contribution in [3.05, 3.63) is 24.2 Å². The molecule has 1 heterocycles. The van der Waals surface area contributed by atoms with E-state index in [1.807, 2.05) is 6.07 Å². The summed E-state index contributed by atoms with van der Waals surface area (Å²) in [6.07, 6.45) is 6.47. The van der Waals surface area contributed by atoms with E-state index in [0.717, 1.165) is 18.7 Å². The van der Waals surface area contributed by atoms with Crippen LogP contribution in [0.25, 0.3) is 0 Å². The summed E-state index contributed by atoms with van der Waals surface area (Å²) in [6.45, 7) is 5.45. The molecule has 0 aromatic carbocycles. The normalized spacial score (nSPS) is 13.0. The van der Waals surface area contributed by atoms with E-state index in [0.29, 0.717) is 6.04 Å². The Kier molecular flexibility index (Phi) is 5.38. The van der Waals surface area contributed by atoms with Gasteiger partial charge in [-0.05, 0) is 31.5 Å². The van der Waals surface area contributed by atoms with Crippen molar-refractivity contribution < 1.29 is 4.42 Å². The molecule has 1 N–H and O–H groups in total. The molecule has 0 amide bonds. The Balaban J connectivity index is 2.25. The molecule has 2 heteroatoms. The lowest BCUT2D eigenvalue weighted by molar-refractivity contribution is 0.429. The zero-order valence-electron chi connectivity index (χ0n) is 9.25. The average molecular weight is 195 g/mol. The summed E-state index contributed by atoms with van der Waals surface area (Å²) in [4.78, 5) is 0. The summed E-state index contributed by atoms with van der Waals surface area (Å²) in [6, 6.07) is 4.65. The molecule has 2 nitrogen and oxygen atoms in total. The van der Waals surface area contributed by atoms with Gasteiger partial charge in [0.25, 0.3) is 0 Å². The van der Waals surface area contributed by atoms with Crippen LogP contribution in [0, 0.1) is 0 Å². The molecule has 1 aromatic heterocycles. The first-order chi connectivity index (χ1) is 6.86. The third-order valence-electron chi connectivity index (χ3n) is 2.45. The number of hydrogen-bond donors (Lipinski definition) is 1. The first-order valence-electron chi connectivity index (χ1n) is 5.62. The molecule has 0 aliphatic heterocycles. The highest BCUT2D eigenvalue weighted by molar-refractivity contribution is 4.98. The summed E-state index contributed by atoms with van der Waals surface area (Å²) in [5.41, 5.74) is 0. The first-order valence-corrected chi connectivity index (χ1v) is 5.62. The Bertz CT molecular complexity index is 212. The van der Waals surface area contributed by atoms with E-state index in [1.54, 1.807) is 6.26 Å². The number of nitrogens with one attached hydrogen (secondary N) is 1. The second kappa shape index (κ2) is 6.66. The van der Waals surface area contributed by atoms with Crippen LogP contribution in [0.3, 0.4) is 0 Å². The van der Waals surface area contributed by atoms with Crippen LogP contribution < -0.4 is 5.32 Å². The summed E-state index contributed by atoms with van der Waals surface area (Å²) in [5, 5.41) is 3.50. The number of rotatable bonds is 7. The van der Waals surface area contributed by atoms with Crippen molar-refractivity contribution in [2.75, 3.05) is 6.54 Å². The summed E-state index contributed by atoms with van der Waals surface area (Å²) >= 11 is 0. The minimum absolute atomic E-state index is 0.648. The number of aryl methyl sites for hydroxylation is 1. The lowest BCUT2D eigenvalue weighted by atomic mass is 10.1. The monoisotopic (exact) mass is 195 g/mol. The van der Waals surface area contributed by atoms with Crippen LogP contribution >= 0.6 is 0 Å². The van der Waals surface area contributed by atoms with E-state index >= 15 is 0 Å². The van der Waals surface area contributed by atoms with Crippen LogP contribution in [0.15, 0.2) is 22.8 Å². The molecule has 14 heavy (non-hydrogen) atoms. The maximum Gasteiger partial charge on any atom is 0.103 e. The molecule has 0 saturated carbocycles. The molecule has 0 radical (unpaired) electrons. The molecule has 0 fully saturated rings. The second-order valence-corrected chi connectivity index (χ2v) is 3.66. The van der Waals surface area contributed by atoms with E-state index < -0.39 is 0 Å². The van der Waals surface area contributed by atoms with Gasteiger partial charge in [-0.15, -0.1) is 0 Å². The van der Waals surface area contributed by atoms with Gasteiger partial charge in [0.05, 0.1) is 6.26 Å². The van der Waals surface area contributed by atoms with Gasteiger partial charge in [0.1, 0.15) is 5.76 Å². The van der Waals surface area contributed by atoms with Gasteiger partial charge in [-0.3, -0.25) is 0 Å². The highest BCUT2D eigenvalue weighted by Gasteiger charge is 2.06. The van der Waals surface area contributed by atoms with E-state index in [4.69, 9.17) is 4.42 Å². The van der Waals surface area contributed by atoms with Gasteiger partial charge < -0.3 is 9.73 Å². The van der Waals surface area contributed by atoms with Crippen LogP contribution in [0.4, 0.5) is 0 Å². The molecule has 0 spiro atoms. The predicted octanol–water partition coefficient (Wildman–Crippen LogP) is 2.99. The Labute approximate surface area is 86.7 Å². The quantitative estimate of drug-likeness (QED) is 0.723. The Hall–Kier alpha value is -0.760. The summed E-state index contributed by atoms with van der Waals surface area (Å²) < 4.78 is 5.31. The fourth-order valence-electron chi connectivity index (χ4n) is 1.76. The molecule has 1 unspecified atom stereocenters. The SMILES string of the molecule is CCCC(CCc1ccco1)NCC. The summed E-state index contributed by atoms with van der Waals surface area (Å²) in [7, 11) is 0. The van der Waals surface area contributed by atoms with Gasteiger partial charge in [0, 0.05) is 12.5 Å². The zero-order chi connectivity index (χ0) is 10.2. The maximum absolute atomic E-state index is 5.31. The second-order valence-electron chi connectivity index (χ2n) is 3.66. The van der Waals surface area contributed by atoms with Crippen molar-refractivity contribution in [3.63, 3.8) is 0 Å². The van der Waals surface area contributed by atoms with Crippen molar-refractivity contribution in [2.24, 2.45) is 0 Å². The largest absolute Gasteiger partial charge is 0.469 e. The molecular formula is C12H21NO. The van der Waals surface area contributed by atoms with Gasteiger partial charge in [-0.1, -0.05) is 20.3 Å². The third kappa shape index (κ3) is 3.97. The number of furan rings is 1. The topological polar surface area (TPSA) is 25.2 Å². The fraction of sp³-hybridized carbons (Fsp3) is 0.667. The molecule has 0 aliphatic rings. The van der Waals surface area contributed by atoms with Crippen LogP contribution in [0.2, 0.25) is 0 Å². The van der Waals surface area contributed by atoms with Crippen molar-refractivity contribution >= 4 is 0 Å². The molecule has 1 rings (SSSR count). The Morgan fingerprint density at radius 1 is 1.36 bits per heavy atom. The standard InChI is InChI=1S/C12H21NO/c1-3-6-11(13-4-2)8-9-12-7-5-10-14-12/h5,7,10-11,13H,3-4,6,8-9H2,1-2H3. The van der Waals surface area contributed by atoms with E-state index in [1.165, 1.54) is 19.3 Å². The molecule has 0 saturated heterocycles. The molecule has 1 atom stereocenters. The molecule has 1 aromatic rings. The van der Waals surface area contributed by atoms with E-state index in [9.17, 15) is 0 Å². The van der Waals surface area contributed by atoms with Gasteiger partial charge in [0.2, 0.25) is 0 Å². The van der Waals surface area contributed by atoms with Crippen LogP contribution in [0.1, 0.15) is 38.9 Å². The highest BCUT2D eigenvalue weighted by Crippen LogP contribution is 2.09. The van der Waals surface area contributed by atoms with Crippen molar-refractivity contribution in [1.29, 1.82) is 0 Å². The predicted molar refractivity (Wildman–Crippen MR) is 59.4 cm³/mol. The minimum atomic E-state index is 0.648. The minimum Gasteiger partial charge on any atom is -0.469 e. The van der Waals surface area contributed by atoms with Crippen LogP contribution in [0.5, 0.6) is 0 Å². The van der Waals surface area contributed by atoms with Crippen LogP contribution in [-0.2, 0) is 6.42 Å². The van der Waals surface area contributed by atoms with Crippen molar-refractivity contribution in [2.45, 2.75) is 45.6 Å². The highest BCUT2D eigenvalue weighted by atomic mass is 16.3. The van der Waals surface area contributed by atoms with Crippen LogP contribution in [-0.4, -0.2) is 12.6 Å². The van der Waals surface area contributed by atoms with Gasteiger partial charge in [0.15, 0.2) is 0 Å². The molecule has 80 valence electrons.